The van der Waals surface area contributed by atoms with Gasteiger partial charge < -0.3 is 10.4 Å². The Kier molecular flexibility index (Phi) is 5.87. The van der Waals surface area contributed by atoms with E-state index >= 15 is 0 Å². The van der Waals surface area contributed by atoms with Gasteiger partial charge in [-0.05, 0) is 48.7 Å². The third-order valence-electron chi connectivity index (χ3n) is 4.10. The SMILES string of the molecule is CC[C@H](C)[NH2+]CC(O)(c1ccc(Cl)cc1)c1ccc(Cl)cc1. The van der Waals surface area contributed by atoms with Crippen LogP contribution in [-0.2, 0) is 5.60 Å². The summed E-state index contributed by atoms with van der Waals surface area (Å²) in [4.78, 5) is 0. The predicted molar refractivity (Wildman–Crippen MR) is 92.4 cm³/mol. The molecule has 3 N–H and O–H groups in total. The Morgan fingerprint density at radius 3 is 1.73 bits per heavy atom. The molecule has 0 radical (unpaired) electrons. The molecule has 2 aromatic carbocycles. The molecule has 0 aliphatic carbocycles. The predicted octanol–water partition coefficient (Wildman–Crippen LogP) is 3.59. The molecular weight excluding hydrogens is 317 g/mol. The van der Waals surface area contributed by atoms with E-state index in [-0.39, 0.29) is 0 Å². The molecule has 0 aromatic heterocycles. The highest BCUT2D eigenvalue weighted by Crippen LogP contribution is 2.30. The first-order chi connectivity index (χ1) is 10.5. The lowest BCUT2D eigenvalue weighted by molar-refractivity contribution is -0.697. The second-order valence-electron chi connectivity index (χ2n) is 5.70. The number of benzene rings is 2. The minimum atomic E-state index is -1.07. The Balaban J connectivity index is 2.38. The topological polar surface area (TPSA) is 36.8 Å². The van der Waals surface area contributed by atoms with Gasteiger partial charge in [-0.1, -0.05) is 54.4 Å². The van der Waals surface area contributed by atoms with Gasteiger partial charge in [0.25, 0.3) is 0 Å². The Labute approximate surface area is 142 Å². The number of hydrogen-bond donors (Lipinski definition) is 2. The Bertz CT molecular complexity index is 550. The van der Waals surface area contributed by atoms with Gasteiger partial charge in [-0.2, -0.15) is 0 Å². The van der Waals surface area contributed by atoms with Crippen molar-refractivity contribution in [3.05, 3.63) is 69.7 Å². The summed E-state index contributed by atoms with van der Waals surface area (Å²) < 4.78 is 0. The van der Waals surface area contributed by atoms with Gasteiger partial charge in [-0.15, -0.1) is 0 Å². The molecule has 2 aromatic rings. The van der Waals surface area contributed by atoms with E-state index in [4.69, 9.17) is 23.2 Å². The van der Waals surface area contributed by atoms with Crippen molar-refractivity contribution in [2.24, 2.45) is 0 Å². The molecule has 0 aliphatic rings. The lowest BCUT2D eigenvalue weighted by Gasteiger charge is -2.29. The maximum atomic E-state index is 11.4. The number of nitrogens with two attached hydrogens (primary N) is 1. The summed E-state index contributed by atoms with van der Waals surface area (Å²) in [6.07, 6.45) is 1.05. The van der Waals surface area contributed by atoms with E-state index in [1.807, 2.05) is 24.3 Å². The van der Waals surface area contributed by atoms with E-state index < -0.39 is 5.60 Å². The molecule has 1 atom stereocenters. The molecule has 0 unspecified atom stereocenters. The third kappa shape index (κ3) is 4.02. The second-order valence-corrected chi connectivity index (χ2v) is 6.57. The first kappa shape index (κ1) is 17.3. The maximum Gasteiger partial charge on any atom is 0.163 e. The maximum absolute atomic E-state index is 11.4. The molecular formula is C18H22Cl2NO+. The van der Waals surface area contributed by atoms with Crippen LogP contribution in [0.1, 0.15) is 31.4 Å². The number of aliphatic hydroxyl groups is 1. The third-order valence-corrected chi connectivity index (χ3v) is 4.61. The van der Waals surface area contributed by atoms with Crippen LogP contribution in [0.5, 0.6) is 0 Å². The van der Waals surface area contributed by atoms with Crippen molar-refractivity contribution in [1.82, 2.24) is 0 Å². The van der Waals surface area contributed by atoms with Gasteiger partial charge in [0, 0.05) is 10.0 Å². The van der Waals surface area contributed by atoms with Crippen LogP contribution in [0.25, 0.3) is 0 Å². The van der Waals surface area contributed by atoms with Crippen LogP contribution in [0.15, 0.2) is 48.5 Å². The summed E-state index contributed by atoms with van der Waals surface area (Å²) in [7, 11) is 0. The molecule has 0 saturated heterocycles. The van der Waals surface area contributed by atoms with Crippen LogP contribution in [0.3, 0.4) is 0 Å². The molecule has 4 heteroatoms. The first-order valence-corrected chi connectivity index (χ1v) is 8.29. The lowest BCUT2D eigenvalue weighted by Crippen LogP contribution is -2.92. The first-order valence-electron chi connectivity index (χ1n) is 7.53. The molecule has 22 heavy (non-hydrogen) atoms. The normalized spacial score (nSPS) is 13.1. The molecule has 0 aliphatic heterocycles. The fourth-order valence-corrected chi connectivity index (χ4v) is 2.64. The van der Waals surface area contributed by atoms with E-state index in [0.717, 1.165) is 17.5 Å². The van der Waals surface area contributed by atoms with Crippen molar-refractivity contribution in [2.75, 3.05) is 6.54 Å². The molecule has 2 rings (SSSR count). The van der Waals surface area contributed by atoms with Crippen molar-refractivity contribution in [2.45, 2.75) is 31.9 Å². The smallest absolute Gasteiger partial charge is 0.163 e. The summed E-state index contributed by atoms with van der Waals surface area (Å²) >= 11 is 11.9. The Morgan fingerprint density at radius 2 is 1.36 bits per heavy atom. The summed E-state index contributed by atoms with van der Waals surface area (Å²) in [5.74, 6) is 0. The quantitative estimate of drug-likeness (QED) is 0.829. The van der Waals surface area contributed by atoms with Gasteiger partial charge in [0.05, 0.1) is 6.04 Å². The summed E-state index contributed by atoms with van der Waals surface area (Å²) in [5.41, 5.74) is 0.594. The van der Waals surface area contributed by atoms with E-state index in [9.17, 15) is 5.11 Å². The van der Waals surface area contributed by atoms with Gasteiger partial charge in [-0.25, -0.2) is 0 Å². The van der Waals surface area contributed by atoms with Gasteiger partial charge in [-0.3, -0.25) is 0 Å². The number of rotatable bonds is 6. The fraction of sp³-hybridized carbons (Fsp3) is 0.333. The van der Waals surface area contributed by atoms with Crippen molar-refractivity contribution >= 4 is 23.2 Å². The van der Waals surface area contributed by atoms with E-state index in [1.54, 1.807) is 24.3 Å². The standard InChI is InChI=1S/C18H21Cl2NO/c1-3-13(2)21-12-18(22,14-4-8-16(19)9-5-14)15-6-10-17(20)11-7-15/h4-11,13,21-22H,3,12H2,1-2H3/p+1/t13-/m0/s1. The monoisotopic (exact) mass is 338 g/mol. The molecule has 0 saturated carbocycles. The molecule has 0 fully saturated rings. The Morgan fingerprint density at radius 1 is 0.955 bits per heavy atom. The zero-order valence-corrected chi connectivity index (χ0v) is 14.4. The minimum Gasteiger partial charge on any atom is -0.375 e. The van der Waals surface area contributed by atoms with Crippen LogP contribution in [-0.4, -0.2) is 17.7 Å². The van der Waals surface area contributed by atoms with Gasteiger partial charge >= 0.3 is 0 Å². The molecule has 0 heterocycles. The second kappa shape index (κ2) is 7.47. The van der Waals surface area contributed by atoms with Crippen molar-refractivity contribution in [3.8, 4) is 0 Å². The van der Waals surface area contributed by atoms with E-state index in [0.29, 0.717) is 22.6 Å². The number of hydrogen-bond acceptors (Lipinski definition) is 1. The average Bonchev–Trinajstić information content (AvgIpc) is 2.53. The largest absolute Gasteiger partial charge is 0.375 e. The molecule has 0 amide bonds. The Hall–Kier alpha value is -1.06. The zero-order valence-electron chi connectivity index (χ0n) is 12.9. The molecule has 0 bridgehead atoms. The van der Waals surface area contributed by atoms with Crippen LogP contribution in [0.2, 0.25) is 10.0 Å². The highest BCUT2D eigenvalue weighted by atomic mass is 35.5. The van der Waals surface area contributed by atoms with E-state index in [2.05, 4.69) is 19.2 Å². The average molecular weight is 339 g/mol. The molecule has 2 nitrogen and oxygen atoms in total. The summed E-state index contributed by atoms with van der Waals surface area (Å²) in [6, 6.07) is 15.2. The summed E-state index contributed by atoms with van der Waals surface area (Å²) in [6.45, 7) is 4.85. The van der Waals surface area contributed by atoms with Crippen LogP contribution >= 0.6 is 23.2 Å². The minimum absolute atomic E-state index is 0.450. The number of halogens is 2. The van der Waals surface area contributed by atoms with Crippen LogP contribution < -0.4 is 5.32 Å². The van der Waals surface area contributed by atoms with Crippen LogP contribution in [0.4, 0.5) is 0 Å². The van der Waals surface area contributed by atoms with Crippen molar-refractivity contribution in [3.63, 3.8) is 0 Å². The van der Waals surface area contributed by atoms with Crippen molar-refractivity contribution in [1.29, 1.82) is 0 Å². The zero-order chi connectivity index (χ0) is 16.2. The molecule has 0 spiro atoms. The van der Waals surface area contributed by atoms with Crippen molar-refractivity contribution < 1.29 is 10.4 Å². The highest BCUT2D eigenvalue weighted by molar-refractivity contribution is 6.30. The fourth-order valence-electron chi connectivity index (χ4n) is 2.39. The van der Waals surface area contributed by atoms with Gasteiger partial charge in [0.15, 0.2) is 5.60 Å². The van der Waals surface area contributed by atoms with E-state index in [1.165, 1.54) is 0 Å². The van der Waals surface area contributed by atoms with Gasteiger partial charge in [0.2, 0.25) is 0 Å². The summed E-state index contributed by atoms with van der Waals surface area (Å²) in [5, 5.41) is 14.9. The number of quaternary nitrogens is 1. The van der Waals surface area contributed by atoms with Crippen LogP contribution in [0, 0.1) is 0 Å². The lowest BCUT2D eigenvalue weighted by atomic mass is 9.86. The molecule has 118 valence electrons. The highest BCUT2D eigenvalue weighted by Gasteiger charge is 2.34. The van der Waals surface area contributed by atoms with Gasteiger partial charge in [0.1, 0.15) is 6.54 Å².